The van der Waals surface area contributed by atoms with Gasteiger partial charge in [-0.05, 0) is 81.0 Å². The number of aryl methyl sites for hydroxylation is 1. The highest BCUT2D eigenvalue weighted by molar-refractivity contribution is 6.31. The van der Waals surface area contributed by atoms with Crippen LogP contribution in [-0.4, -0.2) is 26.1 Å². The normalized spacial score (nSPS) is 18.0. The third-order valence-corrected chi connectivity index (χ3v) is 7.30. The summed E-state index contributed by atoms with van der Waals surface area (Å²) in [6, 6.07) is 17.0. The first-order chi connectivity index (χ1) is 16.9. The van der Waals surface area contributed by atoms with E-state index in [1.807, 2.05) is 41.0 Å². The Kier molecular flexibility index (Phi) is 6.67. The highest BCUT2D eigenvalue weighted by Gasteiger charge is 2.25. The van der Waals surface area contributed by atoms with Crippen LogP contribution in [0.15, 0.2) is 65.6 Å². The molecule has 35 heavy (non-hydrogen) atoms. The minimum atomic E-state index is -0.136. The third-order valence-electron chi connectivity index (χ3n) is 6.84. The smallest absolute Gasteiger partial charge is 0.333 e. The van der Waals surface area contributed by atoms with Gasteiger partial charge < -0.3 is 5.32 Å². The van der Waals surface area contributed by atoms with Crippen LogP contribution in [0.25, 0.3) is 16.7 Å². The molecule has 2 aromatic carbocycles. The molecule has 0 aliphatic heterocycles. The second kappa shape index (κ2) is 9.88. The molecule has 0 saturated heterocycles. The number of amides is 1. The molecule has 1 amide bonds. The summed E-state index contributed by atoms with van der Waals surface area (Å²) in [4.78, 5) is 30.4. The van der Waals surface area contributed by atoms with Gasteiger partial charge in [0.15, 0.2) is 0 Å². The lowest BCUT2D eigenvalue weighted by Crippen LogP contribution is -2.39. The summed E-state index contributed by atoms with van der Waals surface area (Å²) in [5.41, 5.74) is 3.73. The van der Waals surface area contributed by atoms with E-state index in [2.05, 4.69) is 10.3 Å². The summed E-state index contributed by atoms with van der Waals surface area (Å²) in [6.45, 7) is 2.46. The minimum absolute atomic E-state index is 0.0483. The molecule has 2 heterocycles. The number of pyridine rings is 1. The van der Waals surface area contributed by atoms with Crippen molar-refractivity contribution in [2.45, 2.75) is 45.2 Å². The first kappa shape index (κ1) is 23.6. The van der Waals surface area contributed by atoms with E-state index in [1.54, 1.807) is 35.9 Å². The van der Waals surface area contributed by atoms with E-state index in [-0.39, 0.29) is 17.6 Å². The van der Waals surface area contributed by atoms with Crippen molar-refractivity contribution in [3.05, 3.63) is 92.6 Å². The van der Waals surface area contributed by atoms with Crippen LogP contribution in [0.4, 0.5) is 0 Å². The summed E-state index contributed by atoms with van der Waals surface area (Å²) in [7, 11) is 0. The second-order valence-corrected chi connectivity index (χ2v) is 10.0. The van der Waals surface area contributed by atoms with Gasteiger partial charge in [0.2, 0.25) is 0 Å². The molecule has 0 spiro atoms. The summed E-state index contributed by atoms with van der Waals surface area (Å²) >= 11 is 12.1. The van der Waals surface area contributed by atoms with Gasteiger partial charge in [-0.3, -0.25) is 18.9 Å². The van der Waals surface area contributed by atoms with Crippen LogP contribution in [0.2, 0.25) is 10.0 Å². The molecule has 0 radical (unpaired) electrons. The van der Waals surface area contributed by atoms with Crippen molar-refractivity contribution >= 4 is 40.1 Å². The highest BCUT2D eigenvalue weighted by Crippen LogP contribution is 2.28. The molecule has 1 aliphatic rings. The van der Waals surface area contributed by atoms with Gasteiger partial charge in [0.25, 0.3) is 5.91 Å². The number of fused-ring (bicyclic) bond motifs is 1. The summed E-state index contributed by atoms with van der Waals surface area (Å²) in [6.07, 6.45) is 5.15. The maximum atomic E-state index is 13.5. The number of carbonyl (C=O) groups is 1. The van der Waals surface area contributed by atoms with E-state index in [1.165, 1.54) is 0 Å². The van der Waals surface area contributed by atoms with Gasteiger partial charge in [0.05, 0.1) is 33.0 Å². The Morgan fingerprint density at radius 3 is 2.40 bits per heavy atom. The van der Waals surface area contributed by atoms with E-state index in [4.69, 9.17) is 23.2 Å². The molecular formula is C27H26Cl2N4O2. The number of halogens is 2. The Morgan fingerprint density at radius 2 is 1.69 bits per heavy atom. The molecule has 6 nitrogen and oxygen atoms in total. The lowest BCUT2D eigenvalue weighted by atomic mass is 9.85. The predicted molar refractivity (Wildman–Crippen MR) is 140 cm³/mol. The zero-order chi connectivity index (χ0) is 24.5. The van der Waals surface area contributed by atoms with Gasteiger partial charge in [-0.1, -0.05) is 35.3 Å². The standard InChI is InChI=1S/C27H26Cl2N4O2/c1-17-23(14-20(29)15-30-17)26(34)31-21-10-6-18(7-11-21)16-32-24-4-2-3-5-25(24)33(27(32)35)22-12-8-19(28)9-13-22/h2-5,8-9,12-15,18,21H,6-7,10-11,16H2,1H3,(H,31,34)/t18-,21-. The molecule has 4 aromatic rings. The van der Waals surface area contributed by atoms with Crippen molar-refractivity contribution in [3.63, 3.8) is 0 Å². The summed E-state index contributed by atoms with van der Waals surface area (Å²) < 4.78 is 3.63. The van der Waals surface area contributed by atoms with Crippen LogP contribution < -0.4 is 11.0 Å². The maximum absolute atomic E-state index is 13.5. The third kappa shape index (κ3) is 4.86. The van der Waals surface area contributed by atoms with E-state index in [0.717, 1.165) is 42.4 Å². The van der Waals surface area contributed by atoms with Crippen LogP contribution in [-0.2, 0) is 6.54 Å². The Balaban J connectivity index is 1.30. The van der Waals surface area contributed by atoms with Crippen LogP contribution in [0.1, 0.15) is 41.7 Å². The maximum Gasteiger partial charge on any atom is 0.333 e. The largest absolute Gasteiger partial charge is 0.349 e. The average Bonchev–Trinajstić information content (AvgIpc) is 3.13. The van der Waals surface area contributed by atoms with E-state index in [0.29, 0.717) is 33.8 Å². The van der Waals surface area contributed by atoms with E-state index in [9.17, 15) is 9.59 Å². The number of rotatable bonds is 5. The fourth-order valence-corrected chi connectivity index (χ4v) is 5.26. The number of nitrogens with zero attached hydrogens (tertiary/aromatic N) is 3. The van der Waals surface area contributed by atoms with Gasteiger partial charge >= 0.3 is 5.69 Å². The zero-order valence-electron chi connectivity index (χ0n) is 19.4. The molecule has 1 N–H and O–H groups in total. The molecule has 1 aliphatic carbocycles. The van der Waals surface area contributed by atoms with Gasteiger partial charge in [0, 0.05) is 23.8 Å². The Hall–Kier alpha value is -3.09. The first-order valence-corrected chi connectivity index (χ1v) is 12.6. The van der Waals surface area contributed by atoms with Crippen molar-refractivity contribution in [1.29, 1.82) is 0 Å². The molecule has 1 fully saturated rings. The van der Waals surface area contributed by atoms with Crippen LogP contribution in [0, 0.1) is 12.8 Å². The van der Waals surface area contributed by atoms with Crippen molar-refractivity contribution in [3.8, 4) is 5.69 Å². The quantitative estimate of drug-likeness (QED) is 0.370. The van der Waals surface area contributed by atoms with Crippen LogP contribution in [0.3, 0.4) is 0 Å². The van der Waals surface area contributed by atoms with Crippen LogP contribution >= 0.6 is 23.2 Å². The van der Waals surface area contributed by atoms with Crippen LogP contribution in [0.5, 0.6) is 0 Å². The predicted octanol–water partition coefficient (Wildman–Crippen LogP) is 5.79. The number of hydrogen-bond acceptors (Lipinski definition) is 3. The zero-order valence-corrected chi connectivity index (χ0v) is 20.9. The Bertz CT molecular complexity index is 1430. The number of hydrogen-bond donors (Lipinski definition) is 1. The lowest BCUT2D eigenvalue weighted by molar-refractivity contribution is 0.0919. The molecule has 0 unspecified atom stereocenters. The fourth-order valence-electron chi connectivity index (χ4n) is 4.97. The number of imidazole rings is 1. The minimum Gasteiger partial charge on any atom is -0.349 e. The van der Waals surface area contributed by atoms with Crippen molar-refractivity contribution < 1.29 is 4.79 Å². The van der Waals surface area contributed by atoms with Gasteiger partial charge in [-0.15, -0.1) is 0 Å². The van der Waals surface area contributed by atoms with Crippen molar-refractivity contribution in [2.24, 2.45) is 5.92 Å². The molecule has 8 heteroatoms. The van der Waals surface area contributed by atoms with Crippen molar-refractivity contribution in [1.82, 2.24) is 19.4 Å². The first-order valence-electron chi connectivity index (χ1n) is 11.8. The molecule has 0 atom stereocenters. The number of nitrogens with one attached hydrogen (secondary N) is 1. The number of benzene rings is 2. The molecule has 180 valence electrons. The summed E-state index contributed by atoms with van der Waals surface area (Å²) in [5, 5.41) is 4.22. The van der Waals surface area contributed by atoms with Gasteiger partial charge in [-0.25, -0.2) is 4.79 Å². The van der Waals surface area contributed by atoms with Gasteiger partial charge in [0.1, 0.15) is 0 Å². The number of para-hydroxylation sites is 2. The number of carbonyl (C=O) groups excluding carboxylic acids is 1. The number of aromatic nitrogens is 3. The van der Waals surface area contributed by atoms with E-state index < -0.39 is 0 Å². The SMILES string of the molecule is Cc1ncc(Cl)cc1C(=O)N[C@H]1CC[C@H](Cn2c(=O)n(-c3ccc(Cl)cc3)c3ccccc32)CC1. The molecule has 5 rings (SSSR count). The lowest BCUT2D eigenvalue weighted by Gasteiger charge is -2.29. The van der Waals surface area contributed by atoms with Gasteiger partial charge in [-0.2, -0.15) is 0 Å². The molecule has 2 aromatic heterocycles. The molecule has 0 bridgehead atoms. The Labute approximate surface area is 213 Å². The summed E-state index contributed by atoms with van der Waals surface area (Å²) in [5.74, 6) is 0.225. The topological polar surface area (TPSA) is 68.9 Å². The highest BCUT2D eigenvalue weighted by atomic mass is 35.5. The fraction of sp³-hybridized carbons (Fsp3) is 0.296. The molecule has 1 saturated carbocycles. The second-order valence-electron chi connectivity index (χ2n) is 9.17. The molecular weight excluding hydrogens is 483 g/mol. The average molecular weight is 509 g/mol. The van der Waals surface area contributed by atoms with E-state index >= 15 is 0 Å². The monoisotopic (exact) mass is 508 g/mol. The van der Waals surface area contributed by atoms with Crippen molar-refractivity contribution in [2.75, 3.05) is 0 Å². The Morgan fingerprint density at radius 1 is 1.00 bits per heavy atom.